The van der Waals surface area contributed by atoms with E-state index in [2.05, 4.69) is 4.98 Å². The number of fused-ring (bicyclic) bond motifs is 6. The van der Waals surface area contributed by atoms with Gasteiger partial charge in [0.15, 0.2) is 4.96 Å². The van der Waals surface area contributed by atoms with Crippen molar-refractivity contribution in [3.63, 3.8) is 0 Å². The van der Waals surface area contributed by atoms with Gasteiger partial charge < -0.3 is 0 Å². The first-order valence-corrected chi connectivity index (χ1v) is 8.48. The number of aromatic nitrogens is 2. The zero-order valence-electron chi connectivity index (χ0n) is 13.1. The number of aryl methyl sites for hydroxylation is 2. The van der Waals surface area contributed by atoms with Gasteiger partial charge in [-0.2, -0.15) is 0 Å². The molecular weight excluding hydrogens is 320 g/mol. The molecule has 0 fully saturated rings. The molecule has 0 radical (unpaired) electrons. The zero-order valence-corrected chi connectivity index (χ0v) is 13.9. The lowest BCUT2D eigenvalue weighted by atomic mass is 9.91. The second-order valence-corrected chi connectivity index (χ2v) is 7.12. The van der Waals surface area contributed by atoms with Gasteiger partial charge in [0.05, 0.1) is 11.0 Å². The van der Waals surface area contributed by atoms with Crippen molar-refractivity contribution in [2.24, 2.45) is 0 Å². The summed E-state index contributed by atoms with van der Waals surface area (Å²) in [7, 11) is 0. The Labute approximate surface area is 141 Å². The lowest BCUT2D eigenvalue weighted by Crippen LogP contribution is -2.20. The van der Waals surface area contributed by atoms with Crippen LogP contribution in [0.2, 0.25) is 0 Å². The Morgan fingerprint density at radius 2 is 1.62 bits per heavy atom. The maximum atomic E-state index is 13.0. The average Bonchev–Trinajstić information content (AvgIpc) is 3.10. The minimum absolute atomic E-state index is 0.0901. The lowest BCUT2D eigenvalue weighted by Gasteiger charge is -2.14. The molecule has 2 heterocycles. The SMILES string of the molecule is Cc1cc2nc3sc4c(n3c2cc1C)C(=O)c1ccccc1C4=O. The summed E-state index contributed by atoms with van der Waals surface area (Å²) in [5, 5.41) is 0. The van der Waals surface area contributed by atoms with Crippen molar-refractivity contribution in [3.05, 3.63) is 69.2 Å². The number of imidazole rings is 1. The van der Waals surface area contributed by atoms with Crippen LogP contribution in [0.25, 0.3) is 16.0 Å². The highest BCUT2D eigenvalue weighted by Crippen LogP contribution is 2.36. The van der Waals surface area contributed by atoms with Gasteiger partial charge in [0.25, 0.3) is 0 Å². The number of ketones is 2. The highest BCUT2D eigenvalue weighted by Gasteiger charge is 2.34. The molecule has 0 saturated heterocycles. The summed E-state index contributed by atoms with van der Waals surface area (Å²) in [4.78, 5) is 31.6. The van der Waals surface area contributed by atoms with Crippen LogP contribution < -0.4 is 0 Å². The Hall–Kier alpha value is -2.79. The quantitative estimate of drug-likeness (QED) is 0.431. The number of carbonyl (C=O) groups excluding carboxylic acids is 2. The van der Waals surface area contributed by atoms with Crippen LogP contribution in [0.15, 0.2) is 36.4 Å². The molecule has 2 aromatic heterocycles. The minimum Gasteiger partial charge on any atom is -0.288 e. The average molecular weight is 332 g/mol. The Balaban J connectivity index is 1.93. The zero-order chi connectivity index (χ0) is 16.6. The molecule has 24 heavy (non-hydrogen) atoms. The molecule has 0 bridgehead atoms. The standard InChI is InChI=1S/C19H12N2O2S/c1-9-7-13-14(8-10(9)2)21-15-16(22)11-5-3-4-6-12(11)17(23)18(15)24-19(21)20-13/h3-8H,1-2H3. The van der Waals surface area contributed by atoms with Crippen molar-refractivity contribution in [2.75, 3.05) is 0 Å². The smallest absolute Gasteiger partial charge is 0.212 e. The van der Waals surface area contributed by atoms with E-state index < -0.39 is 0 Å². The molecule has 0 atom stereocenters. The third-order valence-electron chi connectivity index (χ3n) is 4.71. The van der Waals surface area contributed by atoms with E-state index in [-0.39, 0.29) is 11.6 Å². The van der Waals surface area contributed by atoms with E-state index in [0.29, 0.717) is 26.7 Å². The molecule has 4 nitrogen and oxygen atoms in total. The van der Waals surface area contributed by atoms with Crippen LogP contribution in [0.1, 0.15) is 42.4 Å². The molecule has 1 aliphatic rings. The number of carbonyl (C=O) groups is 2. The molecule has 0 N–H and O–H groups in total. The summed E-state index contributed by atoms with van der Waals surface area (Å²) >= 11 is 1.29. The van der Waals surface area contributed by atoms with Gasteiger partial charge >= 0.3 is 0 Å². The lowest BCUT2D eigenvalue weighted by molar-refractivity contribution is 0.0978. The Bertz CT molecular complexity index is 1210. The second kappa shape index (κ2) is 4.39. The first kappa shape index (κ1) is 13.6. The molecule has 1 aliphatic carbocycles. The van der Waals surface area contributed by atoms with Crippen LogP contribution in [0, 0.1) is 13.8 Å². The van der Waals surface area contributed by atoms with Gasteiger partial charge in [-0.25, -0.2) is 4.98 Å². The molecule has 0 unspecified atom stereocenters. The summed E-state index contributed by atoms with van der Waals surface area (Å²) in [5.41, 5.74) is 5.44. The summed E-state index contributed by atoms with van der Waals surface area (Å²) in [6.45, 7) is 4.08. The monoisotopic (exact) mass is 332 g/mol. The third kappa shape index (κ3) is 1.55. The van der Waals surface area contributed by atoms with E-state index in [4.69, 9.17) is 0 Å². The van der Waals surface area contributed by atoms with Crippen molar-refractivity contribution >= 4 is 38.9 Å². The van der Waals surface area contributed by atoms with Gasteiger partial charge in [-0.1, -0.05) is 35.6 Å². The van der Waals surface area contributed by atoms with Crippen molar-refractivity contribution in [2.45, 2.75) is 13.8 Å². The van der Waals surface area contributed by atoms with E-state index in [1.54, 1.807) is 24.3 Å². The molecule has 116 valence electrons. The maximum Gasteiger partial charge on any atom is 0.212 e. The van der Waals surface area contributed by atoms with Gasteiger partial charge in [-0.05, 0) is 37.1 Å². The van der Waals surface area contributed by atoms with Crippen LogP contribution in [0.5, 0.6) is 0 Å². The third-order valence-corrected chi connectivity index (χ3v) is 5.75. The van der Waals surface area contributed by atoms with Gasteiger partial charge in [-0.15, -0.1) is 0 Å². The highest BCUT2D eigenvalue weighted by atomic mass is 32.1. The van der Waals surface area contributed by atoms with E-state index in [0.717, 1.165) is 22.2 Å². The fourth-order valence-electron chi connectivity index (χ4n) is 3.32. The fourth-order valence-corrected chi connectivity index (χ4v) is 4.41. The molecule has 5 rings (SSSR count). The van der Waals surface area contributed by atoms with Crippen LogP contribution >= 0.6 is 11.3 Å². The number of hydrogen-bond donors (Lipinski definition) is 0. The summed E-state index contributed by atoms with van der Waals surface area (Å²) in [6.07, 6.45) is 0. The van der Waals surface area contributed by atoms with Gasteiger partial charge in [0, 0.05) is 11.1 Å². The predicted molar refractivity (Wildman–Crippen MR) is 93.4 cm³/mol. The van der Waals surface area contributed by atoms with Gasteiger partial charge in [-0.3, -0.25) is 14.0 Å². The molecule has 5 heteroatoms. The van der Waals surface area contributed by atoms with Crippen LogP contribution in [-0.2, 0) is 0 Å². The molecule has 4 aromatic rings. The van der Waals surface area contributed by atoms with Crippen LogP contribution in [-0.4, -0.2) is 21.0 Å². The Morgan fingerprint density at radius 3 is 2.38 bits per heavy atom. The normalized spacial score (nSPS) is 13.6. The van der Waals surface area contributed by atoms with Crippen molar-refractivity contribution in [1.29, 1.82) is 0 Å². The van der Waals surface area contributed by atoms with Crippen LogP contribution in [0.4, 0.5) is 0 Å². The van der Waals surface area contributed by atoms with Crippen molar-refractivity contribution in [1.82, 2.24) is 9.38 Å². The van der Waals surface area contributed by atoms with E-state index in [1.165, 1.54) is 11.3 Å². The molecule has 0 aliphatic heterocycles. The van der Waals surface area contributed by atoms with E-state index in [1.807, 2.05) is 30.4 Å². The summed E-state index contributed by atoms with van der Waals surface area (Å²) < 4.78 is 1.85. The van der Waals surface area contributed by atoms with Crippen LogP contribution in [0.3, 0.4) is 0 Å². The van der Waals surface area contributed by atoms with Gasteiger partial charge in [0.1, 0.15) is 10.6 Å². The fraction of sp³-hybridized carbons (Fsp3) is 0.105. The Kier molecular flexibility index (Phi) is 2.49. The highest BCUT2D eigenvalue weighted by molar-refractivity contribution is 7.19. The van der Waals surface area contributed by atoms with E-state index >= 15 is 0 Å². The maximum absolute atomic E-state index is 13.0. The van der Waals surface area contributed by atoms with Crippen molar-refractivity contribution < 1.29 is 9.59 Å². The molecule has 0 saturated carbocycles. The van der Waals surface area contributed by atoms with Crippen molar-refractivity contribution in [3.8, 4) is 0 Å². The number of benzene rings is 2. The summed E-state index contributed by atoms with van der Waals surface area (Å²) in [6, 6.07) is 11.1. The minimum atomic E-state index is -0.107. The number of thiazole rings is 1. The predicted octanol–water partition coefficient (Wildman–Crippen LogP) is 3.94. The van der Waals surface area contributed by atoms with E-state index in [9.17, 15) is 9.59 Å². The molecule has 0 spiro atoms. The second-order valence-electron chi connectivity index (χ2n) is 6.14. The number of rotatable bonds is 0. The topological polar surface area (TPSA) is 51.4 Å². The molecular formula is C19H12N2O2S. The number of nitrogens with zero attached hydrogens (tertiary/aromatic N) is 2. The van der Waals surface area contributed by atoms with Gasteiger partial charge in [0.2, 0.25) is 11.6 Å². The summed E-state index contributed by atoms with van der Waals surface area (Å²) in [5.74, 6) is -0.198. The molecule has 2 aromatic carbocycles. The first-order chi connectivity index (χ1) is 11.6. The molecule has 0 amide bonds. The largest absolute Gasteiger partial charge is 0.288 e. The first-order valence-electron chi connectivity index (χ1n) is 7.67. The number of hydrogen-bond acceptors (Lipinski definition) is 4. The Morgan fingerprint density at radius 1 is 0.958 bits per heavy atom.